The number of allylic oxidation sites excluding steroid dienone is 4. The summed E-state index contributed by atoms with van der Waals surface area (Å²) in [7, 11) is 0. The lowest BCUT2D eigenvalue weighted by Gasteiger charge is -2.00. The van der Waals surface area contributed by atoms with Gasteiger partial charge in [-0.25, -0.2) is 0 Å². The van der Waals surface area contributed by atoms with Crippen molar-refractivity contribution in [2.24, 2.45) is 0 Å². The number of benzene rings is 1. The highest BCUT2D eigenvalue weighted by Crippen LogP contribution is 2.19. The minimum Gasteiger partial charge on any atom is -0.403 e. The molecule has 0 amide bonds. The molecule has 1 N–H and O–H groups in total. The zero-order chi connectivity index (χ0) is 13.5. The highest BCUT2D eigenvalue weighted by Gasteiger charge is 2.07. The van der Waals surface area contributed by atoms with Gasteiger partial charge < -0.3 is 9.73 Å². The van der Waals surface area contributed by atoms with Crippen LogP contribution in [-0.4, -0.2) is 10.2 Å². The lowest BCUT2D eigenvalue weighted by molar-refractivity contribution is 0.586. The quantitative estimate of drug-likeness (QED) is 0.823. The van der Waals surface area contributed by atoms with Crippen LogP contribution in [0.1, 0.15) is 6.92 Å². The Morgan fingerprint density at radius 3 is 2.74 bits per heavy atom. The maximum atomic E-state index is 5.55. The predicted octanol–water partition coefficient (Wildman–Crippen LogP) is 3.79. The minimum atomic E-state index is 0.352. The maximum absolute atomic E-state index is 5.55. The molecule has 0 saturated heterocycles. The standard InChI is InChI=1S/C15H15N3O/c1-3-8-13(9-4-2)16-15-18-17-14(19-15)12-10-6-5-7-11-12/h3-11H,1H2,2H3,(H,16,18)/b9-4-,13-8+. The largest absolute Gasteiger partial charge is 0.403 e. The van der Waals surface area contributed by atoms with Gasteiger partial charge in [-0.1, -0.05) is 42.0 Å². The first-order chi connectivity index (χ1) is 9.33. The average Bonchev–Trinajstić information content (AvgIpc) is 2.89. The molecule has 1 heterocycles. The van der Waals surface area contributed by atoms with Gasteiger partial charge in [0.05, 0.1) is 0 Å². The van der Waals surface area contributed by atoms with E-state index in [0.29, 0.717) is 11.9 Å². The molecule has 0 unspecified atom stereocenters. The molecular formula is C15H15N3O. The molecule has 0 aliphatic rings. The van der Waals surface area contributed by atoms with E-state index in [1.165, 1.54) is 0 Å². The van der Waals surface area contributed by atoms with E-state index in [-0.39, 0.29) is 0 Å². The summed E-state index contributed by atoms with van der Waals surface area (Å²) < 4.78 is 5.55. The van der Waals surface area contributed by atoms with Gasteiger partial charge in [0.2, 0.25) is 5.89 Å². The van der Waals surface area contributed by atoms with Gasteiger partial charge in [0.15, 0.2) is 0 Å². The van der Waals surface area contributed by atoms with Crippen molar-refractivity contribution in [1.29, 1.82) is 0 Å². The topological polar surface area (TPSA) is 51.0 Å². The molecule has 4 nitrogen and oxygen atoms in total. The molecule has 0 bridgehead atoms. The second-order valence-corrected chi connectivity index (χ2v) is 3.76. The number of aromatic nitrogens is 2. The summed E-state index contributed by atoms with van der Waals surface area (Å²) in [5.74, 6) is 0.488. The van der Waals surface area contributed by atoms with Gasteiger partial charge >= 0.3 is 6.01 Å². The number of hydrogen-bond acceptors (Lipinski definition) is 4. The van der Waals surface area contributed by atoms with Crippen molar-refractivity contribution in [3.8, 4) is 11.5 Å². The summed E-state index contributed by atoms with van der Waals surface area (Å²) in [6.07, 6.45) is 7.33. The van der Waals surface area contributed by atoms with Crippen molar-refractivity contribution in [3.05, 3.63) is 66.9 Å². The third-order valence-electron chi connectivity index (χ3n) is 2.34. The van der Waals surface area contributed by atoms with Crippen molar-refractivity contribution in [1.82, 2.24) is 10.2 Å². The lowest BCUT2D eigenvalue weighted by atomic mass is 10.2. The van der Waals surface area contributed by atoms with E-state index in [9.17, 15) is 0 Å². The molecule has 0 aliphatic carbocycles. The highest BCUT2D eigenvalue weighted by atomic mass is 16.4. The molecule has 1 aromatic carbocycles. The van der Waals surface area contributed by atoms with Crippen LogP contribution < -0.4 is 5.32 Å². The van der Waals surface area contributed by atoms with Gasteiger partial charge in [-0.2, -0.15) is 0 Å². The molecule has 0 atom stereocenters. The average molecular weight is 253 g/mol. The Labute approximate surface area is 112 Å². The van der Waals surface area contributed by atoms with Crippen LogP contribution in [-0.2, 0) is 0 Å². The molecule has 2 aromatic rings. The van der Waals surface area contributed by atoms with E-state index in [1.54, 1.807) is 6.08 Å². The Morgan fingerprint density at radius 2 is 2.05 bits per heavy atom. The fraction of sp³-hybridized carbons (Fsp3) is 0.0667. The number of anilines is 1. The summed E-state index contributed by atoms with van der Waals surface area (Å²) in [6, 6.07) is 9.99. The van der Waals surface area contributed by atoms with Crippen molar-refractivity contribution < 1.29 is 4.42 Å². The first-order valence-electron chi connectivity index (χ1n) is 5.95. The summed E-state index contributed by atoms with van der Waals surface area (Å²) in [5, 5.41) is 11.0. The Bertz CT molecular complexity index is 597. The van der Waals surface area contributed by atoms with Crippen LogP contribution in [0.2, 0.25) is 0 Å². The summed E-state index contributed by atoms with van der Waals surface area (Å²) in [6.45, 7) is 5.59. The summed E-state index contributed by atoms with van der Waals surface area (Å²) in [4.78, 5) is 0. The Morgan fingerprint density at radius 1 is 1.26 bits per heavy atom. The Hall–Kier alpha value is -2.62. The number of nitrogens with zero attached hydrogens (tertiary/aromatic N) is 2. The van der Waals surface area contributed by atoms with Gasteiger partial charge in [-0.15, -0.1) is 5.10 Å². The van der Waals surface area contributed by atoms with Crippen LogP contribution in [0.5, 0.6) is 0 Å². The van der Waals surface area contributed by atoms with Crippen LogP contribution >= 0.6 is 0 Å². The monoisotopic (exact) mass is 253 g/mol. The normalized spacial score (nSPS) is 11.7. The van der Waals surface area contributed by atoms with Gasteiger partial charge in [0, 0.05) is 11.3 Å². The lowest BCUT2D eigenvalue weighted by Crippen LogP contribution is -1.96. The Kier molecular flexibility index (Phi) is 4.29. The molecule has 4 heteroatoms. The van der Waals surface area contributed by atoms with Crippen LogP contribution in [0.3, 0.4) is 0 Å². The van der Waals surface area contributed by atoms with Crippen molar-refractivity contribution in [2.45, 2.75) is 6.92 Å². The summed E-state index contributed by atoms with van der Waals surface area (Å²) >= 11 is 0. The van der Waals surface area contributed by atoms with E-state index in [4.69, 9.17) is 4.42 Å². The number of rotatable bonds is 5. The first-order valence-corrected chi connectivity index (χ1v) is 5.95. The third-order valence-corrected chi connectivity index (χ3v) is 2.34. The van der Waals surface area contributed by atoms with E-state index >= 15 is 0 Å². The fourth-order valence-electron chi connectivity index (χ4n) is 1.54. The van der Waals surface area contributed by atoms with Crippen molar-refractivity contribution in [3.63, 3.8) is 0 Å². The number of nitrogens with one attached hydrogen (secondary N) is 1. The van der Waals surface area contributed by atoms with E-state index in [0.717, 1.165) is 11.3 Å². The molecule has 2 rings (SSSR count). The smallest absolute Gasteiger partial charge is 0.320 e. The molecule has 0 radical (unpaired) electrons. The van der Waals surface area contributed by atoms with Crippen LogP contribution in [0.4, 0.5) is 6.01 Å². The van der Waals surface area contributed by atoms with Crippen LogP contribution in [0.15, 0.2) is 71.3 Å². The van der Waals surface area contributed by atoms with E-state index < -0.39 is 0 Å². The zero-order valence-electron chi connectivity index (χ0n) is 10.7. The van der Waals surface area contributed by atoms with Crippen LogP contribution in [0, 0.1) is 0 Å². The van der Waals surface area contributed by atoms with E-state index in [2.05, 4.69) is 22.1 Å². The molecule has 0 spiro atoms. The molecule has 0 aliphatic heterocycles. The molecule has 96 valence electrons. The first kappa shape index (κ1) is 12.8. The summed E-state index contributed by atoms with van der Waals surface area (Å²) in [5.41, 5.74) is 1.73. The van der Waals surface area contributed by atoms with Gasteiger partial charge in [0.1, 0.15) is 0 Å². The van der Waals surface area contributed by atoms with Crippen molar-refractivity contribution in [2.75, 3.05) is 5.32 Å². The molecule has 19 heavy (non-hydrogen) atoms. The zero-order valence-corrected chi connectivity index (χ0v) is 10.7. The van der Waals surface area contributed by atoms with Gasteiger partial charge in [-0.05, 0) is 31.2 Å². The molecule has 0 fully saturated rings. The highest BCUT2D eigenvalue weighted by molar-refractivity contribution is 5.53. The maximum Gasteiger partial charge on any atom is 0.320 e. The second-order valence-electron chi connectivity index (χ2n) is 3.76. The molecule has 0 saturated carbocycles. The SMILES string of the molecule is C=C/C=C(\C=C/C)Nc1nnc(-c2ccccc2)o1. The van der Waals surface area contributed by atoms with E-state index in [1.807, 2.05) is 55.5 Å². The minimum absolute atomic E-state index is 0.352. The van der Waals surface area contributed by atoms with Gasteiger partial charge in [0.25, 0.3) is 0 Å². The Balaban J connectivity index is 2.18. The van der Waals surface area contributed by atoms with Crippen LogP contribution in [0.25, 0.3) is 11.5 Å². The fourth-order valence-corrected chi connectivity index (χ4v) is 1.54. The van der Waals surface area contributed by atoms with Crippen molar-refractivity contribution >= 4 is 6.01 Å². The van der Waals surface area contributed by atoms with Gasteiger partial charge in [-0.3, -0.25) is 0 Å². The second kappa shape index (κ2) is 6.35. The predicted molar refractivity (Wildman–Crippen MR) is 76.5 cm³/mol. The molecular weight excluding hydrogens is 238 g/mol. The molecule has 1 aromatic heterocycles. The third kappa shape index (κ3) is 3.42. The number of hydrogen-bond donors (Lipinski definition) is 1.